The van der Waals surface area contributed by atoms with Crippen molar-refractivity contribution in [1.82, 2.24) is 5.43 Å². The van der Waals surface area contributed by atoms with E-state index in [4.69, 9.17) is 4.74 Å². The Morgan fingerprint density at radius 3 is 2.67 bits per heavy atom. The third-order valence-corrected chi connectivity index (χ3v) is 3.90. The van der Waals surface area contributed by atoms with Crippen molar-refractivity contribution >= 4 is 28.1 Å². The SMILES string of the molecule is COc1ccc(Br)c(/C=N/NC(=O)CCc2ccccc2)c1O.[V]. The van der Waals surface area contributed by atoms with Crippen molar-refractivity contribution in [2.75, 3.05) is 7.11 Å². The summed E-state index contributed by atoms with van der Waals surface area (Å²) >= 11 is 3.32. The third-order valence-electron chi connectivity index (χ3n) is 3.21. The fourth-order valence-electron chi connectivity index (χ4n) is 1.98. The Balaban J connectivity index is 0.00000288. The van der Waals surface area contributed by atoms with E-state index in [1.54, 1.807) is 12.1 Å². The van der Waals surface area contributed by atoms with E-state index < -0.39 is 0 Å². The van der Waals surface area contributed by atoms with Crippen molar-refractivity contribution in [3.05, 3.63) is 58.1 Å². The molecule has 0 heterocycles. The van der Waals surface area contributed by atoms with Gasteiger partial charge in [0, 0.05) is 29.4 Å². The average Bonchev–Trinajstić information content (AvgIpc) is 2.57. The number of nitrogens with one attached hydrogen (secondary N) is 1. The first-order valence-corrected chi connectivity index (χ1v) is 7.82. The van der Waals surface area contributed by atoms with Gasteiger partial charge < -0.3 is 9.84 Å². The van der Waals surface area contributed by atoms with Gasteiger partial charge in [-0.1, -0.05) is 30.3 Å². The van der Waals surface area contributed by atoms with Crippen LogP contribution < -0.4 is 10.2 Å². The number of aromatic hydroxyl groups is 1. The Morgan fingerprint density at radius 1 is 1.29 bits per heavy atom. The van der Waals surface area contributed by atoms with Gasteiger partial charge in [0.2, 0.25) is 5.91 Å². The van der Waals surface area contributed by atoms with Gasteiger partial charge in [0.05, 0.1) is 18.9 Å². The number of ether oxygens (including phenoxy) is 1. The predicted octanol–water partition coefficient (Wildman–Crippen LogP) is 3.24. The van der Waals surface area contributed by atoms with Gasteiger partial charge in [-0.05, 0) is 40.0 Å². The maximum absolute atomic E-state index is 11.8. The zero-order valence-corrected chi connectivity index (χ0v) is 16.1. The molecule has 0 unspecified atom stereocenters. The van der Waals surface area contributed by atoms with Gasteiger partial charge in [-0.25, -0.2) is 5.43 Å². The van der Waals surface area contributed by atoms with Gasteiger partial charge in [-0.2, -0.15) is 5.10 Å². The summed E-state index contributed by atoms with van der Waals surface area (Å²) in [6, 6.07) is 13.1. The smallest absolute Gasteiger partial charge is 0.240 e. The Bertz CT molecular complexity index is 708. The first kappa shape index (κ1) is 20.3. The van der Waals surface area contributed by atoms with E-state index in [0.29, 0.717) is 28.6 Å². The number of hydrogen-bond donors (Lipinski definition) is 2. The van der Waals surface area contributed by atoms with Crippen molar-refractivity contribution in [2.24, 2.45) is 5.10 Å². The molecule has 24 heavy (non-hydrogen) atoms. The number of phenols is 1. The molecule has 0 saturated heterocycles. The van der Waals surface area contributed by atoms with Crippen LogP contribution in [-0.2, 0) is 29.8 Å². The molecule has 0 bridgehead atoms. The quantitative estimate of drug-likeness (QED) is 0.549. The maximum atomic E-state index is 11.8. The van der Waals surface area contributed by atoms with Crippen LogP contribution in [0.1, 0.15) is 17.5 Å². The standard InChI is InChI=1S/C17H17BrN2O3.V/c1-23-15-9-8-14(18)13(17(15)22)11-19-20-16(21)10-7-12-5-3-2-4-6-12;/h2-6,8-9,11,22H,7,10H2,1H3,(H,20,21);/b19-11+;. The van der Waals surface area contributed by atoms with Gasteiger partial charge >= 0.3 is 0 Å². The molecule has 0 aliphatic heterocycles. The molecule has 0 aliphatic carbocycles. The largest absolute Gasteiger partial charge is 0.504 e. The number of benzene rings is 2. The van der Waals surface area contributed by atoms with E-state index in [9.17, 15) is 9.90 Å². The summed E-state index contributed by atoms with van der Waals surface area (Å²) in [5, 5.41) is 13.9. The zero-order chi connectivity index (χ0) is 16.7. The fraction of sp³-hybridized carbons (Fsp3) is 0.176. The van der Waals surface area contributed by atoms with E-state index >= 15 is 0 Å². The van der Waals surface area contributed by atoms with Crippen molar-refractivity contribution in [1.29, 1.82) is 0 Å². The van der Waals surface area contributed by atoms with Gasteiger partial charge in [-0.15, -0.1) is 0 Å². The number of amides is 1. The number of phenolic OH excluding ortho intramolecular Hbond substituents is 1. The molecule has 125 valence electrons. The van der Waals surface area contributed by atoms with Crippen molar-refractivity contribution in [2.45, 2.75) is 12.8 Å². The van der Waals surface area contributed by atoms with Crippen LogP contribution in [-0.4, -0.2) is 24.3 Å². The van der Waals surface area contributed by atoms with Crippen LogP contribution in [0.25, 0.3) is 0 Å². The van der Waals surface area contributed by atoms with E-state index in [-0.39, 0.29) is 30.2 Å². The van der Waals surface area contributed by atoms with Gasteiger partial charge in [-0.3, -0.25) is 4.79 Å². The van der Waals surface area contributed by atoms with E-state index in [0.717, 1.165) is 5.56 Å². The minimum atomic E-state index is -0.191. The minimum absolute atomic E-state index is 0. The Labute approximate surface area is 161 Å². The zero-order valence-electron chi connectivity index (χ0n) is 13.1. The summed E-state index contributed by atoms with van der Waals surface area (Å²) in [5.74, 6) is 0.109. The van der Waals surface area contributed by atoms with Crippen molar-refractivity contribution in [3.63, 3.8) is 0 Å². The Morgan fingerprint density at radius 2 is 2.00 bits per heavy atom. The van der Waals surface area contributed by atoms with Crippen LogP contribution >= 0.6 is 15.9 Å². The van der Waals surface area contributed by atoms with Crippen LogP contribution in [0, 0.1) is 0 Å². The van der Waals surface area contributed by atoms with Gasteiger partial charge in [0.1, 0.15) is 0 Å². The molecule has 0 spiro atoms. The second-order valence-corrected chi connectivity index (χ2v) is 5.65. The van der Waals surface area contributed by atoms with Crippen molar-refractivity contribution < 1.29 is 33.2 Å². The predicted molar refractivity (Wildman–Crippen MR) is 92.9 cm³/mol. The molecule has 5 nitrogen and oxygen atoms in total. The van der Waals surface area contributed by atoms with Crippen molar-refractivity contribution in [3.8, 4) is 11.5 Å². The summed E-state index contributed by atoms with van der Waals surface area (Å²) in [4.78, 5) is 11.8. The fourth-order valence-corrected chi connectivity index (χ4v) is 2.40. The summed E-state index contributed by atoms with van der Waals surface area (Å²) in [5.41, 5.74) is 3.99. The number of hydrogen-bond acceptors (Lipinski definition) is 4. The molecule has 2 aromatic carbocycles. The summed E-state index contributed by atoms with van der Waals surface area (Å²) in [6.07, 6.45) is 2.37. The summed E-state index contributed by atoms with van der Waals surface area (Å²) in [6.45, 7) is 0. The molecule has 0 fully saturated rings. The molecule has 2 N–H and O–H groups in total. The second-order valence-electron chi connectivity index (χ2n) is 4.79. The third kappa shape index (κ3) is 5.71. The molecule has 2 aromatic rings. The topological polar surface area (TPSA) is 70.9 Å². The number of aryl methyl sites for hydroxylation is 1. The van der Waals surface area contributed by atoms with E-state index in [1.165, 1.54) is 13.3 Å². The number of hydrazone groups is 1. The van der Waals surface area contributed by atoms with E-state index in [1.807, 2.05) is 30.3 Å². The maximum Gasteiger partial charge on any atom is 0.240 e. The number of carbonyl (C=O) groups is 1. The number of rotatable bonds is 6. The Hall–Kier alpha value is -1.76. The molecule has 0 saturated carbocycles. The van der Waals surface area contributed by atoms with Crippen LogP contribution in [0.2, 0.25) is 0 Å². The molecule has 0 atom stereocenters. The average molecular weight is 428 g/mol. The molecular weight excluding hydrogens is 411 g/mol. The minimum Gasteiger partial charge on any atom is -0.504 e. The van der Waals surface area contributed by atoms with Crippen LogP contribution in [0.15, 0.2) is 52.0 Å². The first-order chi connectivity index (χ1) is 11.1. The number of carbonyl (C=O) groups excluding carboxylic acids is 1. The molecule has 1 radical (unpaired) electrons. The second kappa shape index (κ2) is 10.2. The van der Waals surface area contributed by atoms with Crippen LogP contribution in [0.3, 0.4) is 0 Å². The van der Waals surface area contributed by atoms with Gasteiger partial charge in [0.25, 0.3) is 0 Å². The number of halogens is 1. The molecule has 0 aliphatic rings. The van der Waals surface area contributed by atoms with Crippen LogP contribution in [0.4, 0.5) is 0 Å². The Kier molecular flexibility index (Phi) is 8.61. The molecule has 0 aromatic heterocycles. The molecule has 1 amide bonds. The van der Waals surface area contributed by atoms with E-state index in [2.05, 4.69) is 26.5 Å². The molecule has 2 rings (SSSR count). The number of methoxy groups -OCH3 is 1. The first-order valence-electron chi connectivity index (χ1n) is 7.03. The normalized spacial score (nSPS) is 10.2. The number of nitrogens with zero attached hydrogens (tertiary/aromatic N) is 1. The summed E-state index contributed by atoms with van der Waals surface area (Å²) in [7, 11) is 1.47. The summed E-state index contributed by atoms with van der Waals surface area (Å²) < 4.78 is 5.69. The molecule has 7 heteroatoms. The monoisotopic (exact) mass is 427 g/mol. The van der Waals surface area contributed by atoms with Crippen LogP contribution in [0.5, 0.6) is 11.5 Å². The molecular formula is C17H17BrN2O3V. The van der Waals surface area contributed by atoms with Gasteiger partial charge in [0.15, 0.2) is 11.5 Å².